The molecule has 0 spiro atoms. The molecule has 1 unspecified atom stereocenters. The molecule has 2 aromatic carbocycles. The molecule has 3 nitrogen and oxygen atoms in total. The van der Waals surface area contributed by atoms with Gasteiger partial charge in [-0.3, -0.25) is 4.98 Å². The minimum absolute atomic E-state index is 0.401. The van der Waals surface area contributed by atoms with Gasteiger partial charge in [0.1, 0.15) is 0 Å². The average Bonchev–Trinajstić information content (AvgIpc) is 3.17. The van der Waals surface area contributed by atoms with E-state index in [0.29, 0.717) is 6.04 Å². The Morgan fingerprint density at radius 1 is 1.14 bits per heavy atom. The van der Waals surface area contributed by atoms with Gasteiger partial charge in [0.15, 0.2) is 0 Å². The fourth-order valence-electron chi connectivity index (χ4n) is 3.92. The largest absolute Gasteiger partial charge is 0.385 e. The molecule has 0 amide bonds. The van der Waals surface area contributed by atoms with Crippen LogP contribution in [0.5, 0.6) is 0 Å². The summed E-state index contributed by atoms with van der Waals surface area (Å²) in [6, 6.07) is 17.3. The van der Waals surface area contributed by atoms with Gasteiger partial charge in [0.05, 0.1) is 5.60 Å². The zero-order valence-electron chi connectivity index (χ0n) is 17.1. The summed E-state index contributed by atoms with van der Waals surface area (Å²) in [5.41, 5.74) is 1.56. The normalized spacial score (nSPS) is 14.9. The van der Waals surface area contributed by atoms with E-state index in [2.05, 4.69) is 65.1 Å². The minimum atomic E-state index is -0.786. The standard InChI is InChI=1S/C25H28N2OS/c1-18(27-15-19-9-10-21-16-26-13-11-20(21)14-19)6-5-12-25(2,28)23-17-29-24-8-4-3-7-22(23)24/h3-4,7-11,13-14,16-18,27-28H,5-6,12,15H2,1-2H3/t18-,25?/m1/s1. The fraction of sp³-hybridized carbons (Fsp3) is 0.320. The summed E-state index contributed by atoms with van der Waals surface area (Å²) in [7, 11) is 0. The van der Waals surface area contributed by atoms with Gasteiger partial charge in [0, 0.05) is 40.6 Å². The second-order valence-electron chi connectivity index (χ2n) is 8.15. The highest BCUT2D eigenvalue weighted by atomic mass is 32.1. The summed E-state index contributed by atoms with van der Waals surface area (Å²) >= 11 is 1.71. The molecule has 0 aliphatic heterocycles. The lowest BCUT2D eigenvalue weighted by Crippen LogP contribution is -2.27. The number of nitrogens with one attached hydrogen (secondary N) is 1. The Morgan fingerprint density at radius 2 is 2.00 bits per heavy atom. The van der Waals surface area contributed by atoms with Crippen LogP contribution in [0, 0.1) is 0 Å². The van der Waals surface area contributed by atoms with Crippen LogP contribution in [0.25, 0.3) is 20.9 Å². The third-order valence-corrected chi connectivity index (χ3v) is 6.69. The molecule has 0 radical (unpaired) electrons. The van der Waals surface area contributed by atoms with Gasteiger partial charge in [-0.05, 0) is 73.0 Å². The second kappa shape index (κ2) is 8.62. The van der Waals surface area contributed by atoms with E-state index < -0.39 is 5.60 Å². The number of aromatic nitrogens is 1. The van der Waals surface area contributed by atoms with Crippen molar-refractivity contribution >= 4 is 32.2 Å². The first-order valence-corrected chi connectivity index (χ1v) is 11.2. The van der Waals surface area contributed by atoms with Crippen molar-refractivity contribution in [2.75, 3.05) is 0 Å². The Bertz CT molecular complexity index is 1100. The van der Waals surface area contributed by atoms with Gasteiger partial charge in [-0.1, -0.05) is 30.3 Å². The van der Waals surface area contributed by atoms with Crippen LogP contribution >= 0.6 is 11.3 Å². The minimum Gasteiger partial charge on any atom is -0.385 e. The van der Waals surface area contributed by atoms with Crippen molar-refractivity contribution in [1.82, 2.24) is 10.3 Å². The number of thiophene rings is 1. The monoisotopic (exact) mass is 404 g/mol. The molecule has 2 aromatic heterocycles. The van der Waals surface area contributed by atoms with Crippen LogP contribution in [0.4, 0.5) is 0 Å². The number of pyridine rings is 1. The van der Waals surface area contributed by atoms with Crippen LogP contribution in [0.2, 0.25) is 0 Å². The highest BCUT2D eigenvalue weighted by Crippen LogP contribution is 2.36. The predicted molar refractivity (Wildman–Crippen MR) is 123 cm³/mol. The topological polar surface area (TPSA) is 45.1 Å². The van der Waals surface area contributed by atoms with Crippen LogP contribution in [0.1, 0.15) is 44.2 Å². The Labute approximate surface area is 176 Å². The molecule has 2 atom stereocenters. The van der Waals surface area contributed by atoms with Crippen LogP contribution in [0.3, 0.4) is 0 Å². The van der Waals surface area contributed by atoms with E-state index in [1.807, 2.05) is 25.4 Å². The van der Waals surface area contributed by atoms with E-state index in [9.17, 15) is 5.11 Å². The molecule has 0 aliphatic rings. The van der Waals surface area contributed by atoms with E-state index in [1.54, 1.807) is 11.3 Å². The number of nitrogens with zero attached hydrogens (tertiary/aromatic N) is 1. The number of rotatable bonds is 8. The maximum atomic E-state index is 11.1. The molecule has 0 fully saturated rings. The lowest BCUT2D eigenvalue weighted by Gasteiger charge is -2.24. The highest BCUT2D eigenvalue weighted by Gasteiger charge is 2.26. The average molecular weight is 405 g/mol. The molecular weight excluding hydrogens is 376 g/mol. The molecule has 0 bridgehead atoms. The van der Waals surface area contributed by atoms with Crippen molar-refractivity contribution in [2.45, 2.75) is 51.3 Å². The zero-order chi connectivity index (χ0) is 20.3. The molecule has 4 aromatic rings. The van der Waals surface area contributed by atoms with Crippen LogP contribution in [-0.2, 0) is 12.1 Å². The van der Waals surface area contributed by atoms with Gasteiger partial charge in [-0.2, -0.15) is 0 Å². The second-order valence-corrected chi connectivity index (χ2v) is 9.06. The number of aliphatic hydroxyl groups is 1. The summed E-state index contributed by atoms with van der Waals surface area (Å²) < 4.78 is 1.24. The molecular formula is C25H28N2OS. The van der Waals surface area contributed by atoms with E-state index in [-0.39, 0.29) is 0 Å². The number of hydrogen-bond acceptors (Lipinski definition) is 4. The van der Waals surface area contributed by atoms with Gasteiger partial charge in [-0.15, -0.1) is 11.3 Å². The Balaban J connectivity index is 1.29. The predicted octanol–water partition coefficient (Wildman–Crippen LogP) is 6.01. The molecule has 0 saturated heterocycles. The molecule has 0 aliphatic carbocycles. The van der Waals surface area contributed by atoms with Crippen molar-refractivity contribution < 1.29 is 5.11 Å². The third kappa shape index (κ3) is 4.67. The Morgan fingerprint density at radius 3 is 2.90 bits per heavy atom. The molecule has 29 heavy (non-hydrogen) atoms. The summed E-state index contributed by atoms with van der Waals surface area (Å²) in [5.74, 6) is 0. The van der Waals surface area contributed by atoms with Gasteiger partial charge in [0.25, 0.3) is 0 Å². The van der Waals surface area contributed by atoms with Crippen molar-refractivity contribution in [1.29, 1.82) is 0 Å². The first kappa shape index (κ1) is 20.0. The van der Waals surface area contributed by atoms with Crippen molar-refractivity contribution in [3.05, 3.63) is 77.4 Å². The van der Waals surface area contributed by atoms with E-state index in [0.717, 1.165) is 31.4 Å². The van der Waals surface area contributed by atoms with Crippen LogP contribution in [0.15, 0.2) is 66.3 Å². The first-order valence-electron chi connectivity index (χ1n) is 10.3. The molecule has 2 N–H and O–H groups in total. The van der Waals surface area contributed by atoms with Gasteiger partial charge < -0.3 is 10.4 Å². The smallest absolute Gasteiger partial charge is 0.0882 e. The quantitative estimate of drug-likeness (QED) is 0.378. The number of benzene rings is 2. The maximum Gasteiger partial charge on any atom is 0.0882 e. The number of hydrogen-bond donors (Lipinski definition) is 2. The maximum absolute atomic E-state index is 11.1. The lowest BCUT2D eigenvalue weighted by molar-refractivity contribution is 0.0462. The fourth-order valence-corrected chi connectivity index (χ4v) is 5.01. The van der Waals surface area contributed by atoms with Gasteiger partial charge >= 0.3 is 0 Å². The van der Waals surface area contributed by atoms with Gasteiger partial charge in [-0.25, -0.2) is 0 Å². The van der Waals surface area contributed by atoms with Crippen molar-refractivity contribution in [3.8, 4) is 0 Å². The third-order valence-electron chi connectivity index (χ3n) is 5.72. The number of fused-ring (bicyclic) bond motifs is 2. The van der Waals surface area contributed by atoms with Crippen LogP contribution in [-0.4, -0.2) is 16.1 Å². The van der Waals surface area contributed by atoms with Crippen molar-refractivity contribution in [3.63, 3.8) is 0 Å². The van der Waals surface area contributed by atoms with Gasteiger partial charge in [0.2, 0.25) is 0 Å². The molecule has 2 heterocycles. The van der Waals surface area contributed by atoms with E-state index in [4.69, 9.17) is 0 Å². The summed E-state index contributed by atoms with van der Waals surface area (Å²) in [5, 5.41) is 20.4. The first-order chi connectivity index (χ1) is 14.0. The highest BCUT2D eigenvalue weighted by molar-refractivity contribution is 7.17. The Hall–Kier alpha value is -2.27. The molecule has 4 heteroatoms. The summed E-state index contributed by atoms with van der Waals surface area (Å²) in [6.07, 6.45) is 6.52. The Kier molecular flexibility index (Phi) is 5.95. The van der Waals surface area contributed by atoms with Crippen LogP contribution < -0.4 is 5.32 Å². The SMILES string of the molecule is C[C@H](CCCC(C)(O)c1csc2ccccc12)NCc1ccc2cnccc2c1. The zero-order valence-corrected chi connectivity index (χ0v) is 17.9. The van der Waals surface area contributed by atoms with E-state index in [1.165, 1.54) is 26.4 Å². The summed E-state index contributed by atoms with van der Waals surface area (Å²) in [6.45, 7) is 5.02. The van der Waals surface area contributed by atoms with E-state index >= 15 is 0 Å². The summed E-state index contributed by atoms with van der Waals surface area (Å²) in [4.78, 5) is 4.17. The molecule has 4 rings (SSSR count). The molecule has 150 valence electrons. The lowest BCUT2D eigenvalue weighted by atomic mass is 9.89. The molecule has 0 saturated carbocycles. The van der Waals surface area contributed by atoms with Crippen molar-refractivity contribution in [2.24, 2.45) is 0 Å².